The molecule has 1 saturated heterocycles. The lowest BCUT2D eigenvalue weighted by atomic mass is 9.84. The molecule has 1 aromatic heterocycles. The molecule has 2 heterocycles. The van der Waals surface area contributed by atoms with Crippen LogP contribution in [-0.2, 0) is 12.1 Å². The molecule has 3 aromatic rings. The molecule has 152 valence electrons. The molecule has 1 aliphatic heterocycles. The van der Waals surface area contributed by atoms with Gasteiger partial charge in [0.15, 0.2) is 0 Å². The molecule has 0 atom stereocenters. The summed E-state index contributed by atoms with van der Waals surface area (Å²) in [6, 6.07) is 18.2. The fourth-order valence-electron chi connectivity index (χ4n) is 4.00. The summed E-state index contributed by atoms with van der Waals surface area (Å²) in [6.45, 7) is 4.89. The number of aryl methyl sites for hydroxylation is 1. The van der Waals surface area contributed by atoms with Gasteiger partial charge in [-0.05, 0) is 61.2 Å². The third kappa shape index (κ3) is 4.58. The van der Waals surface area contributed by atoms with Crippen molar-refractivity contribution >= 4 is 10.9 Å². The van der Waals surface area contributed by atoms with Crippen LogP contribution in [0.4, 0.5) is 0 Å². The first-order valence-electron chi connectivity index (χ1n) is 10.2. The second-order valence-corrected chi connectivity index (χ2v) is 7.88. The number of hydrogen-bond donors (Lipinski definition) is 2. The van der Waals surface area contributed by atoms with Gasteiger partial charge in [-0.2, -0.15) is 0 Å². The SMILES string of the molecule is Cc1ccc2cc(C3(O)CCN(Cc4ccc(OCCO)cc4)CC3)ccc2n1. The second kappa shape index (κ2) is 8.49. The molecule has 0 spiro atoms. The van der Waals surface area contributed by atoms with Gasteiger partial charge in [-0.15, -0.1) is 0 Å². The van der Waals surface area contributed by atoms with E-state index in [2.05, 4.69) is 34.1 Å². The van der Waals surface area contributed by atoms with Crippen LogP contribution >= 0.6 is 0 Å². The van der Waals surface area contributed by atoms with Crippen molar-refractivity contribution in [3.8, 4) is 5.75 Å². The molecule has 0 amide bonds. The van der Waals surface area contributed by atoms with Gasteiger partial charge in [0.25, 0.3) is 0 Å². The van der Waals surface area contributed by atoms with E-state index in [-0.39, 0.29) is 6.61 Å². The van der Waals surface area contributed by atoms with Crippen molar-refractivity contribution in [2.45, 2.75) is 31.9 Å². The summed E-state index contributed by atoms with van der Waals surface area (Å²) in [5.41, 5.74) is 3.41. The van der Waals surface area contributed by atoms with E-state index in [0.29, 0.717) is 6.61 Å². The van der Waals surface area contributed by atoms with Gasteiger partial charge in [0, 0.05) is 30.7 Å². The van der Waals surface area contributed by atoms with Gasteiger partial charge in [-0.1, -0.05) is 24.3 Å². The summed E-state index contributed by atoms with van der Waals surface area (Å²) in [5.74, 6) is 0.775. The maximum Gasteiger partial charge on any atom is 0.119 e. The van der Waals surface area contributed by atoms with E-state index in [1.165, 1.54) is 5.56 Å². The molecule has 0 radical (unpaired) electrons. The summed E-state index contributed by atoms with van der Waals surface area (Å²) in [5, 5.41) is 21.2. The Morgan fingerprint density at radius 3 is 2.52 bits per heavy atom. The third-order valence-electron chi connectivity index (χ3n) is 5.74. The van der Waals surface area contributed by atoms with Gasteiger partial charge in [-0.25, -0.2) is 0 Å². The zero-order valence-corrected chi connectivity index (χ0v) is 16.8. The van der Waals surface area contributed by atoms with Gasteiger partial charge in [0.2, 0.25) is 0 Å². The minimum absolute atomic E-state index is 0.0196. The highest BCUT2D eigenvalue weighted by Gasteiger charge is 2.34. The molecule has 2 N–H and O–H groups in total. The number of pyridine rings is 1. The molecule has 2 aromatic carbocycles. The molecule has 0 bridgehead atoms. The van der Waals surface area contributed by atoms with Crippen LogP contribution in [0.1, 0.15) is 29.7 Å². The van der Waals surface area contributed by atoms with E-state index in [1.807, 2.05) is 37.3 Å². The lowest BCUT2D eigenvalue weighted by Gasteiger charge is -2.38. The van der Waals surface area contributed by atoms with Crippen LogP contribution in [0.5, 0.6) is 5.75 Å². The molecule has 5 nitrogen and oxygen atoms in total. The highest BCUT2D eigenvalue weighted by molar-refractivity contribution is 5.79. The van der Waals surface area contributed by atoms with Crippen molar-refractivity contribution in [1.82, 2.24) is 9.88 Å². The van der Waals surface area contributed by atoms with E-state index in [1.54, 1.807) is 0 Å². The molecule has 4 rings (SSSR count). The Morgan fingerprint density at radius 1 is 1.03 bits per heavy atom. The quantitative estimate of drug-likeness (QED) is 0.673. The average molecular weight is 392 g/mol. The minimum atomic E-state index is -0.780. The number of likely N-dealkylation sites (tertiary alicyclic amines) is 1. The van der Waals surface area contributed by atoms with Gasteiger partial charge in [0.1, 0.15) is 12.4 Å². The van der Waals surface area contributed by atoms with E-state index in [9.17, 15) is 5.11 Å². The van der Waals surface area contributed by atoms with Gasteiger partial charge in [0.05, 0.1) is 17.7 Å². The standard InChI is InChI=1S/C24H28N2O3/c1-18-2-5-20-16-21(6-9-23(20)25-18)24(28)10-12-26(13-11-24)17-19-3-7-22(8-4-19)29-15-14-27/h2-9,16,27-28H,10-15,17H2,1H3. The first kappa shape index (κ1) is 19.8. The molecule has 5 heteroatoms. The zero-order valence-electron chi connectivity index (χ0n) is 16.8. The Hall–Kier alpha value is -2.47. The third-order valence-corrected chi connectivity index (χ3v) is 5.74. The minimum Gasteiger partial charge on any atom is -0.491 e. The summed E-state index contributed by atoms with van der Waals surface area (Å²) in [7, 11) is 0. The number of aliphatic hydroxyl groups excluding tert-OH is 1. The maximum atomic E-state index is 11.3. The van der Waals surface area contributed by atoms with Gasteiger partial charge in [-0.3, -0.25) is 9.88 Å². The van der Waals surface area contributed by atoms with Crippen LogP contribution in [-0.4, -0.2) is 46.4 Å². The van der Waals surface area contributed by atoms with Gasteiger partial charge < -0.3 is 14.9 Å². The summed E-state index contributed by atoms with van der Waals surface area (Å²) < 4.78 is 5.41. The van der Waals surface area contributed by atoms with Crippen LogP contribution < -0.4 is 4.74 Å². The maximum absolute atomic E-state index is 11.3. The molecule has 29 heavy (non-hydrogen) atoms. The Bertz CT molecular complexity index is 964. The Kier molecular flexibility index (Phi) is 5.81. The number of aliphatic hydroxyl groups is 2. The van der Waals surface area contributed by atoms with Crippen molar-refractivity contribution < 1.29 is 14.9 Å². The number of nitrogens with zero attached hydrogens (tertiary/aromatic N) is 2. The summed E-state index contributed by atoms with van der Waals surface area (Å²) in [4.78, 5) is 6.93. The molecule has 1 fully saturated rings. The van der Waals surface area contributed by atoms with E-state index < -0.39 is 5.60 Å². The monoisotopic (exact) mass is 392 g/mol. The van der Waals surface area contributed by atoms with E-state index >= 15 is 0 Å². The van der Waals surface area contributed by atoms with Gasteiger partial charge >= 0.3 is 0 Å². The molecule has 0 saturated carbocycles. The smallest absolute Gasteiger partial charge is 0.119 e. The van der Waals surface area contributed by atoms with Crippen molar-refractivity contribution in [3.63, 3.8) is 0 Å². The topological polar surface area (TPSA) is 65.8 Å². The lowest BCUT2D eigenvalue weighted by Crippen LogP contribution is -2.42. The normalized spacial score (nSPS) is 16.8. The number of benzene rings is 2. The molecular formula is C24H28N2O3. The summed E-state index contributed by atoms with van der Waals surface area (Å²) in [6.07, 6.45) is 1.44. The van der Waals surface area contributed by atoms with Crippen molar-refractivity contribution in [3.05, 3.63) is 71.4 Å². The molecule has 0 aliphatic carbocycles. The largest absolute Gasteiger partial charge is 0.491 e. The van der Waals surface area contributed by atoms with Crippen molar-refractivity contribution in [2.75, 3.05) is 26.3 Å². The fraction of sp³-hybridized carbons (Fsp3) is 0.375. The number of piperidine rings is 1. The van der Waals surface area contributed by atoms with Crippen molar-refractivity contribution in [1.29, 1.82) is 0 Å². The highest BCUT2D eigenvalue weighted by atomic mass is 16.5. The predicted molar refractivity (Wildman–Crippen MR) is 114 cm³/mol. The number of rotatable bonds is 6. The van der Waals surface area contributed by atoms with Crippen LogP contribution in [0.3, 0.4) is 0 Å². The Morgan fingerprint density at radius 2 is 1.79 bits per heavy atom. The van der Waals surface area contributed by atoms with Crippen LogP contribution in [0.15, 0.2) is 54.6 Å². The predicted octanol–water partition coefficient (Wildman–Crippen LogP) is 3.40. The number of hydrogen-bond acceptors (Lipinski definition) is 5. The van der Waals surface area contributed by atoms with E-state index in [4.69, 9.17) is 9.84 Å². The first-order valence-corrected chi connectivity index (χ1v) is 10.2. The number of fused-ring (bicyclic) bond motifs is 1. The zero-order chi connectivity index (χ0) is 20.3. The molecule has 0 unspecified atom stereocenters. The molecular weight excluding hydrogens is 364 g/mol. The van der Waals surface area contributed by atoms with Crippen molar-refractivity contribution in [2.24, 2.45) is 0 Å². The van der Waals surface area contributed by atoms with Crippen LogP contribution in [0.25, 0.3) is 10.9 Å². The Labute approximate surface area is 171 Å². The lowest BCUT2D eigenvalue weighted by molar-refractivity contribution is -0.0276. The fourth-order valence-corrected chi connectivity index (χ4v) is 4.00. The van der Waals surface area contributed by atoms with Crippen LogP contribution in [0, 0.1) is 6.92 Å². The second-order valence-electron chi connectivity index (χ2n) is 7.88. The number of ether oxygens (including phenoxy) is 1. The number of aromatic nitrogens is 1. The molecule has 1 aliphatic rings. The summed E-state index contributed by atoms with van der Waals surface area (Å²) >= 11 is 0. The van der Waals surface area contributed by atoms with E-state index in [0.717, 1.165) is 60.4 Å². The average Bonchev–Trinajstić information content (AvgIpc) is 2.74. The Balaban J connectivity index is 1.38. The van der Waals surface area contributed by atoms with Crippen LogP contribution in [0.2, 0.25) is 0 Å². The first-order chi connectivity index (χ1) is 14.1. The highest BCUT2D eigenvalue weighted by Crippen LogP contribution is 2.34.